The zero-order valence-electron chi connectivity index (χ0n) is 12.6. The molecule has 0 amide bonds. The van der Waals surface area contributed by atoms with E-state index in [1.807, 2.05) is 55.8 Å². The van der Waals surface area contributed by atoms with E-state index in [1.165, 1.54) is 0 Å². The maximum absolute atomic E-state index is 5.89. The number of aryl methyl sites for hydroxylation is 3. The van der Waals surface area contributed by atoms with E-state index in [-0.39, 0.29) is 0 Å². The molecule has 0 atom stereocenters. The van der Waals surface area contributed by atoms with Gasteiger partial charge in [0.05, 0.1) is 17.6 Å². The van der Waals surface area contributed by atoms with Crippen LogP contribution < -0.4 is 5.32 Å². The van der Waals surface area contributed by atoms with Crippen molar-refractivity contribution in [2.24, 2.45) is 0 Å². The lowest BCUT2D eigenvalue weighted by molar-refractivity contribution is 0.790. The van der Waals surface area contributed by atoms with Crippen molar-refractivity contribution in [1.82, 2.24) is 19.7 Å². The molecular formula is C16H16ClN5. The van der Waals surface area contributed by atoms with Gasteiger partial charge in [-0.3, -0.25) is 4.98 Å². The van der Waals surface area contributed by atoms with Crippen molar-refractivity contribution in [3.8, 4) is 5.82 Å². The van der Waals surface area contributed by atoms with Crippen molar-refractivity contribution in [2.75, 3.05) is 5.32 Å². The highest BCUT2D eigenvalue weighted by Gasteiger charge is 2.10. The molecule has 6 heteroatoms. The lowest BCUT2D eigenvalue weighted by Gasteiger charge is -2.10. The van der Waals surface area contributed by atoms with Gasteiger partial charge in [-0.1, -0.05) is 11.6 Å². The number of anilines is 2. The number of halogens is 1. The van der Waals surface area contributed by atoms with Gasteiger partial charge in [0, 0.05) is 16.4 Å². The average Bonchev–Trinajstić information content (AvgIpc) is 2.82. The summed E-state index contributed by atoms with van der Waals surface area (Å²) in [6.07, 6.45) is 1.71. The second-order valence-corrected chi connectivity index (χ2v) is 5.57. The first kappa shape index (κ1) is 14.5. The van der Waals surface area contributed by atoms with Crippen molar-refractivity contribution >= 4 is 23.1 Å². The Hall–Kier alpha value is -2.40. The summed E-state index contributed by atoms with van der Waals surface area (Å²) in [6, 6.07) is 9.46. The molecule has 3 aromatic rings. The van der Waals surface area contributed by atoms with Crippen molar-refractivity contribution in [3.63, 3.8) is 0 Å². The quantitative estimate of drug-likeness (QED) is 0.794. The molecule has 1 aromatic carbocycles. The van der Waals surface area contributed by atoms with Crippen LogP contribution in [0, 0.1) is 20.8 Å². The summed E-state index contributed by atoms with van der Waals surface area (Å²) in [5, 5.41) is 8.39. The fourth-order valence-electron chi connectivity index (χ4n) is 2.22. The molecule has 22 heavy (non-hydrogen) atoms. The van der Waals surface area contributed by atoms with Crippen LogP contribution in [0.25, 0.3) is 5.82 Å². The van der Waals surface area contributed by atoms with Gasteiger partial charge in [-0.15, -0.1) is 0 Å². The van der Waals surface area contributed by atoms with Gasteiger partial charge in [-0.2, -0.15) is 5.10 Å². The first-order valence-corrected chi connectivity index (χ1v) is 7.30. The number of aromatic nitrogens is 4. The van der Waals surface area contributed by atoms with Gasteiger partial charge < -0.3 is 5.32 Å². The molecule has 5 nitrogen and oxygen atoms in total. The first-order valence-electron chi connectivity index (χ1n) is 6.93. The normalized spacial score (nSPS) is 10.7. The third-order valence-corrected chi connectivity index (χ3v) is 3.51. The number of benzene rings is 1. The molecule has 0 spiro atoms. The fraction of sp³-hybridized carbons (Fsp3) is 0.188. The Labute approximate surface area is 134 Å². The zero-order valence-corrected chi connectivity index (χ0v) is 13.4. The molecule has 0 aliphatic rings. The zero-order chi connectivity index (χ0) is 15.7. The van der Waals surface area contributed by atoms with Gasteiger partial charge in [-0.25, -0.2) is 9.67 Å². The lowest BCUT2D eigenvalue weighted by Crippen LogP contribution is -2.08. The van der Waals surface area contributed by atoms with E-state index in [0.29, 0.717) is 10.8 Å². The molecule has 0 aliphatic carbocycles. The monoisotopic (exact) mass is 313 g/mol. The predicted octanol–water partition coefficient (Wildman–Crippen LogP) is 3.98. The molecular weight excluding hydrogens is 298 g/mol. The maximum atomic E-state index is 5.89. The average molecular weight is 314 g/mol. The van der Waals surface area contributed by atoms with E-state index in [4.69, 9.17) is 11.6 Å². The van der Waals surface area contributed by atoms with E-state index < -0.39 is 0 Å². The molecule has 0 aliphatic heterocycles. The van der Waals surface area contributed by atoms with Crippen LogP contribution in [0.2, 0.25) is 5.02 Å². The highest BCUT2D eigenvalue weighted by molar-refractivity contribution is 6.30. The summed E-state index contributed by atoms with van der Waals surface area (Å²) in [7, 11) is 0. The van der Waals surface area contributed by atoms with Crippen molar-refractivity contribution in [1.29, 1.82) is 0 Å². The van der Waals surface area contributed by atoms with Crippen LogP contribution in [0.3, 0.4) is 0 Å². The minimum Gasteiger partial charge on any atom is -0.339 e. The van der Waals surface area contributed by atoms with Crippen LogP contribution in [-0.2, 0) is 0 Å². The molecule has 112 valence electrons. The van der Waals surface area contributed by atoms with E-state index in [0.717, 1.165) is 28.6 Å². The summed E-state index contributed by atoms with van der Waals surface area (Å²) in [6.45, 7) is 5.88. The van der Waals surface area contributed by atoms with Gasteiger partial charge in [0.25, 0.3) is 0 Å². The third-order valence-electron chi connectivity index (χ3n) is 3.26. The Morgan fingerprint density at radius 3 is 2.45 bits per heavy atom. The van der Waals surface area contributed by atoms with Crippen molar-refractivity contribution < 1.29 is 0 Å². The van der Waals surface area contributed by atoms with Gasteiger partial charge in [-0.05, 0) is 51.1 Å². The van der Waals surface area contributed by atoms with Crippen molar-refractivity contribution in [3.05, 3.63) is 58.6 Å². The number of nitrogens with one attached hydrogen (secondary N) is 1. The van der Waals surface area contributed by atoms with E-state index >= 15 is 0 Å². The minimum absolute atomic E-state index is 0.662. The molecule has 1 N–H and O–H groups in total. The largest absolute Gasteiger partial charge is 0.339 e. The summed E-state index contributed by atoms with van der Waals surface area (Å²) < 4.78 is 1.81. The minimum atomic E-state index is 0.662. The lowest BCUT2D eigenvalue weighted by atomic mass is 10.3. The Morgan fingerprint density at radius 2 is 1.82 bits per heavy atom. The van der Waals surface area contributed by atoms with Gasteiger partial charge in [0.2, 0.25) is 0 Å². The smallest absolute Gasteiger partial charge is 0.177 e. The van der Waals surface area contributed by atoms with Crippen LogP contribution in [0.15, 0.2) is 36.5 Å². The van der Waals surface area contributed by atoms with Crippen LogP contribution in [0.1, 0.15) is 17.1 Å². The maximum Gasteiger partial charge on any atom is 0.177 e. The van der Waals surface area contributed by atoms with E-state index in [1.54, 1.807) is 6.20 Å². The summed E-state index contributed by atoms with van der Waals surface area (Å²) in [4.78, 5) is 9.04. The van der Waals surface area contributed by atoms with Crippen LogP contribution in [-0.4, -0.2) is 19.7 Å². The number of hydrogen-bond donors (Lipinski definition) is 1. The van der Waals surface area contributed by atoms with Gasteiger partial charge >= 0.3 is 0 Å². The summed E-state index contributed by atoms with van der Waals surface area (Å²) in [5.41, 5.74) is 3.71. The van der Waals surface area contributed by atoms with Crippen molar-refractivity contribution in [2.45, 2.75) is 20.8 Å². The molecule has 0 saturated heterocycles. The second-order valence-electron chi connectivity index (χ2n) is 5.14. The predicted molar refractivity (Wildman–Crippen MR) is 88.1 cm³/mol. The van der Waals surface area contributed by atoms with Crippen LogP contribution >= 0.6 is 11.6 Å². The van der Waals surface area contributed by atoms with Crippen LogP contribution in [0.4, 0.5) is 11.5 Å². The standard InChI is InChI=1S/C16H16ClN5/c1-10-8-11(2)22(21-10)16-12(3)18-9-15(20-16)19-14-6-4-13(17)5-7-14/h4-9H,1-3H3,(H,19,20). The van der Waals surface area contributed by atoms with Gasteiger partial charge in [0.15, 0.2) is 11.6 Å². The topological polar surface area (TPSA) is 55.6 Å². The molecule has 0 saturated carbocycles. The Bertz CT molecular complexity index is 808. The van der Waals surface area contributed by atoms with Gasteiger partial charge in [0.1, 0.15) is 0 Å². The second kappa shape index (κ2) is 5.77. The van der Waals surface area contributed by atoms with E-state index in [2.05, 4.69) is 20.4 Å². The highest BCUT2D eigenvalue weighted by Crippen LogP contribution is 2.19. The number of nitrogens with zero attached hydrogens (tertiary/aromatic N) is 4. The SMILES string of the molecule is Cc1cc(C)n(-c2nc(Nc3ccc(Cl)cc3)cnc2C)n1. The summed E-state index contributed by atoms with van der Waals surface area (Å²) in [5.74, 6) is 1.39. The number of hydrogen-bond acceptors (Lipinski definition) is 4. The Morgan fingerprint density at radius 1 is 1.09 bits per heavy atom. The molecule has 0 bridgehead atoms. The Kier molecular flexibility index (Phi) is 3.81. The molecule has 0 radical (unpaired) electrons. The molecule has 3 rings (SSSR count). The first-order chi connectivity index (χ1) is 10.5. The van der Waals surface area contributed by atoms with E-state index in [9.17, 15) is 0 Å². The fourth-order valence-corrected chi connectivity index (χ4v) is 2.35. The molecule has 2 aromatic heterocycles. The van der Waals surface area contributed by atoms with Crippen LogP contribution in [0.5, 0.6) is 0 Å². The molecule has 0 unspecified atom stereocenters. The number of rotatable bonds is 3. The molecule has 2 heterocycles. The Balaban J connectivity index is 1.96. The third kappa shape index (κ3) is 2.94. The summed E-state index contributed by atoms with van der Waals surface area (Å²) >= 11 is 5.89. The highest BCUT2D eigenvalue weighted by atomic mass is 35.5. The molecule has 0 fully saturated rings.